The molecule has 2 aromatic carbocycles. The first-order valence-electron chi connectivity index (χ1n) is 6.93. The first-order valence-corrected chi connectivity index (χ1v) is 8.06. The molecule has 0 N–H and O–H groups in total. The fourth-order valence-electron chi connectivity index (χ4n) is 2.01. The van der Waals surface area contributed by atoms with Crippen molar-refractivity contribution in [1.82, 2.24) is 0 Å². The standard InChI is InChI=1S/C17H16Cl3NO/c1-3-22-15-7-5-4-6-12(15)10-21-11(2)13-8-9-14(18)17(20)16(13)19/h4-11H,3H2,1-2H3/b21-10+. The summed E-state index contributed by atoms with van der Waals surface area (Å²) >= 11 is 18.3. The van der Waals surface area contributed by atoms with E-state index in [1.165, 1.54) is 0 Å². The third kappa shape index (κ3) is 3.95. The van der Waals surface area contributed by atoms with Gasteiger partial charge in [-0.05, 0) is 37.6 Å². The van der Waals surface area contributed by atoms with Gasteiger partial charge in [0.15, 0.2) is 0 Å². The predicted molar refractivity (Wildman–Crippen MR) is 95.1 cm³/mol. The van der Waals surface area contributed by atoms with Crippen LogP contribution in [-0.4, -0.2) is 12.8 Å². The van der Waals surface area contributed by atoms with E-state index in [1.54, 1.807) is 12.3 Å². The summed E-state index contributed by atoms with van der Waals surface area (Å²) in [5.41, 5.74) is 1.76. The van der Waals surface area contributed by atoms with E-state index in [2.05, 4.69) is 4.99 Å². The Morgan fingerprint density at radius 2 is 1.82 bits per heavy atom. The van der Waals surface area contributed by atoms with Crippen LogP contribution in [0.15, 0.2) is 41.4 Å². The van der Waals surface area contributed by atoms with Crippen LogP contribution < -0.4 is 4.74 Å². The van der Waals surface area contributed by atoms with E-state index in [9.17, 15) is 0 Å². The Kier molecular flexibility index (Phi) is 6.13. The number of nitrogens with zero attached hydrogens (tertiary/aromatic N) is 1. The zero-order valence-corrected chi connectivity index (χ0v) is 14.6. The summed E-state index contributed by atoms with van der Waals surface area (Å²) in [6, 6.07) is 11.2. The summed E-state index contributed by atoms with van der Waals surface area (Å²) in [6.07, 6.45) is 1.79. The van der Waals surface area contributed by atoms with Crippen LogP contribution in [0.5, 0.6) is 5.75 Å². The van der Waals surface area contributed by atoms with Gasteiger partial charge in [-0.15, -0.1) is 0 Å². The van der Waals surface area contributed by atoms with Gasteiger partial charge in [0.1, 0.15) is 5.75 Å². The van der Waals surface area contributed by atoms with Gasteiger partial charge in [0.25, 0.3) is 0 Å². The highest BCUT2D eigenvalue weighted by molar-refractivity contribution is 6.48. The van der Waals surface area contributed by atoms with E-state index in [4.69, 9.17) is 39.5 Å². The monoisotopic (exact) mass is 355 g/mol. The largest absolute Gasteiger partial charge is 0.493 e. The van der Waals surface area contributed by atoms with Crippen molar-refractivity contribution in [2.24, 2.45) is 4.99 Å². The Labute approximate surface area is 145 Å². The normalized spacial score (nSPS) is 12.6. The lowest BCUT2D eigenvalue weighted by molar-refractivity contribution is 0.340. The number of hydrogen-bond acceptors (Lipinski definition) is 2. The zero-order valence-electron chi connectivity index (χ0n) is 12.3. The number of halogens is 3. The van der Waals surface area contributed by atoms with Gasteiger partial charge in [-0.2, -0.15) is 0 Å². The minimum atomic E-state index is -0.142. The Hall–Kier alpha value is -1.22. The maximum Gasteiger partial charge on any atom is 0.128 e. The Morgan fingerprint density at radius 1 is 1.09 bits per heavy atom. The molecule has 2 aromatic rings. The SMILES string of the molecule is CCOc1ccccc1/C=N/C(C)c1ccc(Cl)c(Cl)c1Cl. The molecule has 5 heteroatoms. The third-order valence-electron chi connectivity index (χ3n) is 3.17. The fourth-order valence-corrected chi connectivity index (χ4v) is 2.71. The maximum atomic E-state index is 6.24. The van der Waals surface area contributed by atoms with Gasteiger partial charge in [-0.3, -0.25) is 4.99 Å². The molecule has 22 heavy (non-hydrogen) atoms. The molecule has 0 heterocycles. The lowest BCUT2D eigenvalue weighted by atomic mass is 10.1. The average Bonchev–Trinajstić information content (AvgIpc) is 2.52. The average molecular weight is 357 g/mol. The zero-order chi connectivity index (χ0) is 16.1. The van der Waals surface area contributed by atoms with Crippen molar-refractivity contribution in [2.75, 3.05) is 6.61 Å². The molecule has 0 spiro atoms. The number of hydrogen-bond donors (Lipinski definition) is 0. The summed E-state index contributed by atoms with van der Waals surface area (Å²) in [5.74, 6) is 0.807. The van der Waals surface area contributed by atoms with Crippen LogP contribution in [0.25, 0.3) is 0 Å². The molecular formula is C17H16Cl3NO. The van der Waals surface area contributed by atoms with Crippen LogP contribution in [0.4, 0.5) is 0 Å². The van der Waals surface area contributed by atoms with Crippen molar-refractivity contribution in [3.05, 3.63) is 62.6 Å². The molecule has 0 aromatic heterocycles. The van der Waals surface area contributed by atoms with Crippen molar-refractivity contribution in [2.45, 2.75) is 19.9 Å². The van der Waals surface area contributed by atoms with E-state index in [0.717, 1.165) is 16.9 Å². The summed E-state index contributed by atoms with van der Waals surface area (Å²) in [5, 5.41) is 1.24. The van der Waals surface area contributed by atoms with E-state index in [-0.39, 0.29) is 6.04 Å². The summed E-state index contributed by atoms with van der Waals surface area (Å²) in [4.78, 5) is 4.55. The van der Waals surface area contributed by atoms with Crippen LogP contribution in [0.1, 0.15) is 31.0 Å². The highest BCUT2D eigenvalue weighted by atomic mass is 35.5. The number of benzene rings is 2. The Morgan fingerprint density at radius 3 is 2.55 bits per heavy atom. The van der Waals surface area contributed by atoms with Crippen LogP contribution in [0.3, 0.4) is 0 Å². The van der Waals surface area contributed by atoms with Gasteiger partial charge in [0, 0.05) is 11.8 Å². The van der Waals surface area contributed by atoms with E-state index >= 15 is 0 Å². The molecule has 1 unspecified atom stereocenters. The van der Waals surface area contributed by atoms with Gasteiger partial charge in [0.05, 0.1) is 27.7 Å². The molecular weight excluding hydrogens is 341 g/mol. The summed E-state index contributed by atoms with van der Waals surface area (Å²) in [6.45, 7) is 4.51. The first kappa shape index (κ1) is 17.1. The van der Waals surface area contributed by atoms with Crippen molar-refractivity contribution in [3.63, 3.8) is 0 Å². The van der Waals surface area contributed by atoms with Gasteiger partial charge in [-0.1, -0.05) is 53.0 Å². The predicted octanol–water partition coefficient (Wildman–Crippen LogP) is 6.23. The second kappa shape index (κ2) is 7.87. The van der Waals surface area contributed by atoms with E-state index < -0.39 is 0 Å². The lowest BCUT2D eigenvalue weighted by Gasteiger charge is -2.12. The molecule has 2 rings (SSSR count). The molecule has 0 aliphatic heterocycles. The Balaban J connectivity index is 2.25. The molecule has 0 fully saturated rings. The van der Waals surface area contributed by atoms with Crippen molar-refractivity contribution in [3.8, 4) is 5.75 Å². The van der Waals surface area contributed by atoms with Crippen LogP contribution in [0.2, 0.25) is 15.1 Å². The third-order valence-corrected chi connectivity index (χ3v) is 4.48. The fraction of sp³-hybridized carbons (Fsp3) is 0.235. The molecule has 0 bridgehead atoms. The van der Waals surface area contributed by atoms with Crippen LogP contribution >= 0.6 is 34.8 Å². The van der Waals surface area contributed by atoms with Crippen molar-refractivity contribution < 1.29 is 4.74 Å². The summed E-state index contributed by atoms with van der Waals surface area (Å²) < 4.78 is 5.58. The minimum absolute atomic E-state index is 0.142. The second-order valence-corrected chi connectivity index (χ2v) is 5.85. The number of para-hydroxylation sites is 1. The van der Waals surface area contributed by atoms with Gasteiger partial charge in [0.2, 0.25) is 0 Å². The van der Waals surface area contributed by atoms with E-state index in [0.29, 0.717) is 21.7 Å². The molecule has 0 saturated carbocycles. The molecule has 0 saturated heterocycles. The second-order valence-electron chi connectivity index (χ2n) is 4.69. The quantitative estimate of drug-likeness (QED) is 0.460. The van der Waals surface area contributed by atoms with Crippen molar-refractivity contribution >= 4 is 41.0 Å². The number of aliphatic imine (C=N–C) groups is 1. The molecule has 0 amide bonds. The van der Waals surface area contributed by atoms with Gasteiger partial charge < -0.3 is 4.74 Å². The minimum Gasteiger partial charge on any atom is -0.493 e. The smallest absolute Gasteiger partial charge is 0.128 e. The van der Waals surface area contributed by atoms with Crippen LogP contribution in [0, 0.1) is 0 Å². The lowest BCUT2D eigenvalue weighted by Crippen LogP contribution is -1.97. The molecule has 1 atom stereocenters. The molecule has 2 nitrogen and oxygen atoms in total. The highest BCUT2D eigenvalue weighted by Crippen LogP contribution is 2.36. The van der Waals surface area contributed by atoms with E-state index in [1.807, 2.05) is 44.2 Å². The Bertz CT molecular complexity index is 686. The van der Waals surface area contributed by atoms with Crippen molar-refractivity contribution in [1.29, 1.82) is 0 Å². The molecule has 0 radical (unpaired) electrons. The molecule has 116 valence electrons. The number of rotatable bonds is 5. The number of ether oxygens (including phenoxy) is 1. The topological polar surface area (TPSA) is 21.6 Å². The van der Waals surface area contributed by atoms with Crippen LogP contribution in [-0.2, 0) is 0 Å². The summed E-state index contributed by atoms with van der Waals surface area (Å²) in [7, 11) is 0. The first-order chi connectivity index (χ1) is 10.5. The highest BCUT2D eigenvalue weighted by Gasteiger charge is 2.13. The molecule has 0 aliphatic carbocycles. The molecule has 0 aliphatic rings. The maximum absolute atomic E-state index is 6.24. The van der Waals surface area contributed by atoms with Gasteiger partial charge >= 0.3 is 0 Å². The van der Waals surface area contributed by atoms with Gasteiger partial charge in [-0.25, -0.2) is 0 Å².